The van der Waals surface area contributed by atoms with Gasteiger partial charge in [-0.3, -0.25) is 0 Å². The second-order valence-electron chi connectivity index (χ2n) is 3.98. The number of nitrogens with two attached hydrogens (primary N) is 1. The van der Waals surface area contributed by atoms with Crippen LogP contribution in [0, 0.1) is 0 Å². The SMILES string of the molecule is NC(Cc1ccc(Br)s1)C1CCCCS1. The normalized spacial score (nSPS) is 24.0. The summed E-state index contributed by atoms with van der Waals surface area (Å²) in [5, 5.41) is 0.680. The summed E-state index contributed by atoms with van der Waals surface area (Å²) in [4.78, 5) is 1.40. The van der Waals surface area contributed by atoms with Crippen molar-refractivity contribution in [2.75, 3.05) is 5.75 Å². The van der Waals surface area contributed by atoms with Crippen LogP contribution in [0.15, 0.2) is 15.9 Å². The third-order valence-electron chi connectivity index (χ3n) is 2.76. The molecule has 2 atom stereocenters. The minimum atomic E-state index is 0.334. The van der Waals surface area contributed by atoms with Crippen LogP contribution in [0.1, 0.15) is 24.1 Å². The molecule has 0 aliphatic carbocycles. The quantitative estimate of drug-likeness (QED) is 0.922. The molecule has 0 saturated carbocycles. The maximum Gasteiger partial charge on any atom is 0.0701 e. The Hall–Kier alpha value is 0.490. The molecule has 1 fully saturated rings. The predicted octanol–water partition coefficient (Wildman–Crippen LogP) is 3.67. The van der Waals surface area contributed by atoms with Gasteiger partial charge in [-0.25, -0.2) is 0 Å². The van der Waals surface area contributed by atoms with Crippen LogP contribution in [0.4, 0.5) is 0 Å². The molecular weight excluding hydrogens is 290 g/mol. The molecule has 2 N–H and O–H groups in total. The van der Waals surface area contributed by atoms with E-state index in [0.717, 1.165) is 6.42 Å². The number of hydrogen-bond acceptors (Lipinski definition) is 3. The smallest absolute Gasteiger partial charge is 0.0701 e. The van der Waals surface area contributed by atoms with Crippen LogP contribution in [-0.4, -0.2) is 17.0 Å². The molecule has 1 saturated heterocycles. The van der Waals surface area contributed by atoms with E-state index in [1.807, 2.05) is 11.3 Å². The first-order chi connectivity index (χ1) is 7.25. The Morgan fingerprint density at radius 3 is 2.93 bits per heavy atom. The van der Waals surface area contributed by atoms with Crippen molar-refractivity contribution in [3.05, 3.63) is 20.8 Å². The lowest BCUT2D eigenvalue weighted by Crippen LogP contribution is -2.35. The Labute approximate surface area is 108 Å². The number of hydrogen-bond donors (Lipinski definition) is 1. The van der Waals surface area contributed by atoms with E-state index in [-0.39, 0.29) is 0 Å². The summed E-state index contributed by atoms with van der Waals surface area (Å²) in [6.45, 7) is 0. The molecule has 1 aliphatic rings. The highest BCUT2D eigenvalue weighted by Crippen LogP contribution is 2.30. The van der Waals surface area contributed by atoms with Crippen molar-refractivity contribution in [2.24, 2.45) is 5.73 Å². The highest BCUT2D eigenvalue weighted by atomic mass is 79.9. The highest BCUT2D eigenvalue weighted by molar-refractivity contribution is 9.11. The topological polar surface area (TPSA) is 26.0 Å². The molecule has 1 aromatic heterocycles. The van der Waals surface area contributed by atoms with Gasteiger partial charge in [0.15, 0.2) is 0 Å². The van der Waals surface area contributed by atoms with Gasteiger partial charge in [0.05, 0.1) is 3.79 Å². The van der Waals surface area contributed by atoms with E-state index in [9.17, 15) is 0 Å². The number of halogens is 1. The molecular formula is C11H16BrNS2. The number of thiophene rings is 1. The van der Waals surface area contributed by atoms with Gasteiger partial charge in [0.2, 0.25) is 0 Å². The lowest BCUT2D eigenvalue weighted by molar-refractivity contribution is 0.562. The molecule has 0 aromatic carbocycles. The van der Waals surface area contributed by atoms with Crippen molar-refractivity contribution in [3.8, 4) is 0 Å². The van der Waals surface area contributed by atoms with Gasteiger partial charge in [-0.1, -0.05) is 6.42 Å². The molecule has 2 heterocycles. The Bertz CT molecular complexity index is 307. The van der Waals surface area contributed by atoms with E-state index in [4.69, 9.17) is 5.73 Å². The molecule has 1 aliphatic heterocycles. The Morgan fingerprint density at radius 1 is 1.47 bits per heavy atom. The zero-order valence-corrected chi connectivity index (χ0v) is 11.8. The largest absolute Gasteiger partial charge is 0.326 e. The summed E-state index contributed by atoms with van der Waals surface area (Å²) >= 11 is 7.36. The standard InChI is InChI=1S/C11H16BrNS2/c12-11-5-4-8(15-11)7-9(13)10-3-1-2-6-14-10/h4-5,9-10H,1-3,6-7,13H2. The summed E-state index contributed by atoms with van der Waals surface area (Å²) in [5.41, 5.74) is 6.26. The van der Waals surface area contributed by atoms with Crippen LogP contribution < -0.4 is 5.73 Å². The summed E-state index contributed by atoms with van der Waals surface area (Å²) in [5.74, 6) is 1.30. The van der Waals surface area contributed by atoms with Crippen LogP contribution in [0.3, 0.4) is 0 Å². The van der Waals surface area contributed by atoms with E-state index in [1.165, 1.54) is 33.7 Å². The molecule has 0 radical (unpaired) electrons. The van der Waals surface area contributed by atoms with Gasteiger partial charge in [-0.2, -0.15) is 11.8 Å². The first-order valence-corrected chi connectivity index (χ1v) is 8.03. The predicted molar refractivity (Wildman–Crippen MR) is 73.8 cm³/mol. The van der Waals surface area contributed by atoms with E-state index in [1.54, 1.807) is 0 Å². The van der Waals surface area contributed by atoms with E-state index in [0.29, 0.717) is 11.3 Å². The minimum Gasteiger partial charge on any atom is -0.326 e. The molecule has 84 valence electrons. The van der Waals surface area contributed by atoms with Crippen LogP contribution in [0.2, 0.25) is 0 Å². The third kappa shape index (κ3) is 3.48. The lowest BCUT2D eigenvalue weighted by atomic mass is 10.0. The third-order valence-corrected chi connectivity index (χ3v) is 5.94. The first-order valence-electron chi connectivity index (χ1n) is 5.37. The van der Waals surface area contributed by atoms with Crippen LogP contribution in [-0.2, 0) is 6.42 Å². The molecule has 0 spiro atoms. The fraction of sp³-hybridized carbons (Fsp3) is 0.636. The Balaban J connectivity index is 1.88. The fourth-order valence-electron chi connectivity index (χ4n) is 1.93. The Morgan fingerprint density at radius 2 is 2.33 bits per heavy atom. The second-order valence-corrected chi connectivity index (χ2v) is 7.87. The van der Waals surface area contributed by atoms with Gasteiger partial charge in [-0.05, 0) is 53.1 Å². The van der Waals surface area contributed by atoms with E-state index < -0.39 is 0 Å². The Kier molecular flexibility index (Phi) is 4.55. The van der Waals surface area contributed by atoms with Gasteiger partial charge < -0.3 is 5.73 Å². The average molecular weight is 306 g/mol. The fourth-order valence-corrected chi connectivity index (χ4v) is 4.83. The molecule has 2 unspecified atom stereocenters. The summed E-state index contributed by atoms with van der Waals surface area (Å²) < 4.78 is 1.21. The van der Waals surface area contributed by atoms with Crippen molar-refractivity contribution in [3.63, 3.8) is 0 Å². The summed E-state index contributed by atoms with van der Waals surface area (Å²) in [6, 6.07) is 4.63. The van der Waals surface area contributed by atoms with Gasteiger partial charge in [0.25, 0.3) is 0 Å². The van der Waals surface area contributed by atoms with Crippen molar-refractivity contribution in [1.82, 2.24) is 0 Å². The molecule has 1 aromatic rings. The molecule has 2 rings (SSSR count). The molecule has 0 bridgehead atoms. The summed E-state index contributed by atoms with van der Waals surface area (Å²) in [6.07, 6.45) is 5.07. The van der Waals surface area contributed by atoms with Crippen LogP contribution >= 0.6 is 39.0 Å². The van der Waals surface area contributed by atoms with Crippen molar-refractivity contribution in [1.29, 1.82) is 0 Å². The highest BCUT2D eigenvalue weighted by Gasteiger charge is 2.21. The van der Waals surface area contributed by atoms with Gasteiger partial charge in [0.1, 0.15) is 0 Å². The van der Waals surface area contributed by atoms with Gasteiger partial charge >= 0.3 is 0 Å². The van der Waals surface area contributed by atoms with Gasteiger partial charge in [-0.15, -0.1) is 11.3 Å². The van der Waals surface area contributed by atoms with Crippen LogP contribution in [0.5, 0.6) is 0 Å². The number of thioether (sulfide) groups is 1. The van der Waals surface area contributed by atoms with Crippen molar-refractivity contribution in [2.45, 2.75) is 37.0 Å². The van der Waals surface area contributed by atoms with Crippen LogP contribution in [0.25, 0.3) is 0 Å². The lowest BCUT2D eigenvalue weighted by Gasteiger charge is -2.26. The average Bonchev–Trinajstić information content (AvgIpc) is 2.65. The second kappa shape index (κ2) is 5.71. The maximum atomic E-state index is 6.26. The molecule has 1 nitrogen and oxygen atoms in total. The van der Waals surface area contributed by atoms with E-state index >= 15 is 0 Å². The number of rotatable bonds is 3. The van der Waals surface area contributed by atoms with Gasteiger partial charge in [0, 0.05) is 16.2 Å². The first kappa shape index (κ1) is 12.0. The van der Waals surface area contributed by atoms with Crippen molar-refractivity contribution < 1.29 is 0 Å². The zero-order valence-electron chi connectivity index (χ0n) is 8.62. The van der Waals surface area contributed by atoms with Crippen molar-refractivity contribution >= 4 is 39.0 Å². The summed E-state index contributed by atoms with van der Waals surface area (Å²) in [7, 11) is 0. The zero-order chi connectivity index (χ0) is 10.7. The molecule has 4 heteroatoms. The molecule has 0 amide bonds. The van der Waals surface area contributed by atoms with E-state index in [2.05, 4.69) is 39.8 Å². The minimum absolute atomic E-state index is 0.334. The monoisotopic (exact) mass is 305 g/mol. The molecule has 15 heavy (non-hydrogen) atoms. The maximum absolute atomic E-state index is 6.26.